The maximum absolute atomic E-state index is 12.8. The maximum Gasteiger partial charge on any atom is 0.257 e. The van der Waals surface area contributed by atoms with Crippen LogP contribution in [-0.4, -0.2) is 57.0 Å². The van der Waals surface area contributed by atoms with Gasteiger partial charge in [-0.2, -0.15) is 10.2 Å². The standard InChI is InChI=1S/C17H24N6O/c1-17(2,3)23-13-14(12-19-23)16(24)22-9-5-8-21(10-11-22)15-6-4-7-18-20-15/h4,6-7,12-13H,5,8-11H2,1-3H3. The molecule has 7 nitrogen and oxygen atoms in total. The number of hydrogen-bond donors (Lipinski definition) is 0. The minimum Gasteiger partial charge on any atom is -0.353 e. The molecule has 3 rings (SSSR count). The summed E-state index contributed by atoms with van der Waals surface area (Å²) < 4.78 is 1.84. The van der Waals surface area contributed by atoms with Gasteiger partial charge in [-0.15, -0.1) is 5.10 Å². The molecule has 0 spiro atoms. The normalized spacial score (nSPS) is 16.1. The summed E-state index contributed by atoms with van der Waals surface area (Å²) in [4.78, 5) is 16.8. The highest BCUT2D eigenvalue weighted by Crippen LogP contribution is 2.16. The molecule has 0 aliphatic carbocycles. The van der Waals surface area contributed by atoms with Gasteiger partial charge in [0, 0.05) is 38.6 Å². The van der Waals surface area contributed by atoms with E-state index in [-0.39, 0.29) is 11.4 Å². The molecule has 3 heterocycles. The number of hydrogen-bond acceptors (Lipinski definition) is 5. The second-order valence-corrected chi connectivity index (χ2v) is 7.06. The maximum atomic E-state index is 12.8. The smallest absolute Gasteiger partial charge is 0.257 e. The Hall–Kier alpha value is -2.44. The fraction of sp³-hybridized carbons (Fsp3) is 0.529. The molecule has 0 unspecified atom stereocenters. The van der Waals surface area contributed by atoms with Crippen molar-refractivity contribution in [3.63, 3.8) is 0 Å². The van der Waals surface area contributed by atoms with Gasteiger partial charge in [0.25, 0.3) is 5.91 Å². The quantitative estimate of drug-likeness (QED) is 0.841. The van der Waals surface area contributed by atoms with E-state index in [1.54, 1.807) is 12.4 Å². The summed E-state index contributed by atoms with van der Waals surface area (Å²) in [6.45, 7) is 9.27. The summed E-state index contributed by atoms with van der Waals surface area (Å²) in [5.74, 6) is 0.916. The van der Waals surface area contributed by atoms with Crippen molar-refractivity contribution in [2.75, 3.05) is 31.1 Å². The number of nitrogens with zero attached hydrogens (tertiary/aromatic N) is 6. The minimum absolute atomic E-state index is 0.0477. The third-order valence-corrected chi connectivity index (χ3v) is 4.18. The first-order valence-corrected chi connectivity index (χ1v) is 8.32. The van der Waals surface area contributed by atoms with Crippen LogP contribution in [-0.2, 0) is 5.54 Å². The van der Waals surface area contributed by atoms with Gasteiger partial charge in [0.15, 0.2) is 5.82 Å². The van der Waals surface area contributed by atoms with Gasteiger partial charge in [0.1, 0.15) is 0 Å². The van der Waals surface area contributed by atoms with Gasteiger partial charge in [-0.1, -0.05) is 0 Å². The second-order valence-electron chi connectivity index (χ2n) is 7.06. The molecule has 7 heteroatoms. The molecule has 1 saturated heterocycles. The molecule has 0 saturated carbocycles. The predicted octanol–water partition coefficient (Wildman–Crippen LogP) is 1.78. The molecule has 0 radical (unpaired) electrons. The van der Waals surface area contributed by atoms with Crippen LogP contribution in [0.25, 0.3) is 0 Å². The van der Waals surface area contributed by atoms with Crippen LogP contribution in [0, 0.1) is 0 Å². The van der Waals surface area contributed by atoms with Crippen molar-refractivity contribution in [3.8, 4) is 0 Å². The first-order valence-electron chi connectivity index (χ1n) is 8.32. The molecule has 0 N–H and O–H groups in total. The van der Waals surface area contributed by atoms with Crippen molar-refractivity contribution >= 4 is 11.7 Å². The lowest BCUT2D eigenvalue weighted by Crippen LogP contribution is -2.35. The van der Waals surface area contributed by atoms with E-state index in [9.17, 15) is 4.79 Å². The monoisotopic (exact) mass is 328 g/mol. The Labute approximate surface area is 142 Å². The lowest BCUT2D eigenvalue weighted by Gasteiger charge is -2.22. The molecular formula is C17H24N6O. The van der Waals surface area contributed by atoms with E-state index in [0.29, 0.717) is 12.1 Å². The summed E-state index contributed by atoms with van der Waals surface area (Å²) >= 11 is 0. The van der Waals surface area contributed by atoms with Gasteiger partial charge in [0.05, 0.1) is 17.3 Å². The first kappa shape index (κ1) is 16.4. The molecule has 24 heavy (non-hydrogen) atoms. The van der Waals surface area contributed by atoms with Crippen LogP contribution < -0.4 is 4.90 Å². The van der Waals surface area contributed by atoms with E-state index < -0.39 is 0 Å². The van der Waals surface area contributed by atoms with Gasteiger partial charge < -0.3 is 9.80 Å². The van der Waals surface area contributed by atoms with Crippen molar-refractivity contribution in [3.05, 3.63) is 36.3 Å². The Morgan fingerprint density at radius 3 is 2.67 bits per heavy atom. The van der Waals surface area contributed by atoms with Crippen LogP contribution in [0.4, 0.5) is 5.82 Å². The average molecular weight is 328 g/mol. The lowest BCUT2D eigenvalue weighted by atomic mass is 10.1. The number of amides is 1. The van der Waals surface area contributed by atoms with E-state index >= 15 is 0 Å². The highest BCUT2D eigenvalue weighted by molar-refractivity contribution is 5.93. The predicted molar refractivity (Wildman–Crippen MR) is 92.0 cm³/mol. The van der Waals surface area contributed by atoms with E-state index in [0.717, 1.165) is 31.9 Å². The molecular weight excluding hydrogens is 304 g/mol. The van der Waals surface area contributed by atoms with Crippen LogP contribution in [0.2, 0.25) is 0 Å². The fourth-order valence-electron chi connectivity index (χ4n) is 2.79. The van der Waals surface area contributed by atoms with Crippen molar-refractivity contribution in [2.45, 2.75) is 32.7 Å². The molecule has 1 fully saturated rings. The van der Waals surface area contributed by atoms with Gasteiger partial charge in [-0.05, 0) is 39.3 Å². The van der Waals surface area contributed by atoms with Crippen molar-refractivity contribution in [1.29, 1.82) is 0 Å². The third-order valence-electron chi connectivity index (χ3n) is 4.18. The number of aromatic nitrogens is 4. The minimum atomic E-state index is -0.125. The van der Waals surface area contributed by atoms with Gasteiger partial charge in [0.2, 0.25) is 0 Å². The zero-order chi connectivity index (χ0) is 17.2. The van der Waals surface area contributed by atoms with Gasteiger partial charge in [-0.3, -0.25) is 9.48 Å². The Morgan fingerprint density at radius 1 is 1.17 bits per heavy atom. The number of rotatable bonds is 2. The highest BCUT2D eigenvalue weighted by Gasteiger charge is 2.23. The topological polar surface area (TPSA) is 67.2 Å². The Balaban J connectivity index is 1.67. The average Bonchev–Trinajstić information content (AvgIpc) is 2.94. The number of anilines is 1. The fourth-order valence-corrected chi connectivity index (χ4v) is 2.79. The lowest BCUT2D eigenvalue weighted by molar-refractivity contribution is 0.0767. The Morgan fingerprint density at radius 2 is 2.00 bits per heavy atom. The molecule has 1 aliphatic rings. The van der Waals surface area contributed by atoms with E-state index in [1.807, 2.05) is 27.9 Å². The van der Waals surface area contributed by atoms with Crippen molar-refractivity contribution in [2.24, 2.45) is 0 Å². The van der Waals surface area contributed by atoms with E-state index in [1.165, 1.54) is 0 Å². The van der Waals surface area contributed by atoms with Crippen molar-refractivity contribution < 1.29 is 4.79 Å². The number of carbonyl (C=O) groups is 1. The summed E-state index contributed by atoms with van der Waals surface area (Å²) in [7, 11) is 0. The van der Waals surface area contributed by atoms with E-state index in [2.05, 4.69) is 41.0 Å². The van der Waals surface area contributed by atoms with Crippen LogP contribution in [0.5, 0.6) is 0 Å². The third kappa shape index (κ3) is 3.55. The summed E-state index contributed by atoms with van der Waals surface area (Å²) in [6.07, 6.45) is 6.09. The second kappa shape index (κ2) is 6.59. The largest absolute Gasteiger partial charge is 0.353 e. The molecule has 128 valence electrons. The van der Waals surface area contributed by atoms with Gasteiger partial charge in [-0.25, -0.2) is 0 Å². The molecule has 2 aromatic rings. The SMILES string of the molecule is CC(C)(C)n1cc(C(=O)N2CCCN(c3cccnn3)CC2)cn1. The molecule has 2 aromatic heterocycles. The van der Waals surface area contributed by atoms with Crippen molar-refractivity contribution in [1.82, 2.24) is 24.9 Å². The van der Waals surface area contributed by atoms with Crippen LogP contribution in [0.1, 0.15) is 37.6 Å². The molecule has 1 aliphatic heterocycles. The Kier molecular flexibility index (Phi) is 4.51. The zero-order valence-electron chi connectivity index (χ0n) is 14.5. The number of carbonyl (C=O) groups excluding carboxylic acids is 1. The summed E-state index contributed by atoms with van der Waals surface area (Å²) in [5, 5.41) is 12.4. The first-order chi connectivity index (χ1) is 11.4. The molecule has 1 amide bonds. The highest BCUT2D eigenvalue weighted by atomic mass is 16.2. The van der Waals surface area contributed by atoms with Crippen LogP contribution in [0.15, 0.2) is 30.7 Å². The zero-order valence-corrected chi connectivity index (χ0v) is 14.5. The Bertz CT molecular complexity index is 691. The summed E-state index contributed by atoms with van der Waals surface area (Å²) in [6, 6.07) is 3.84. The van der Waals surface area contributed by atoms with Gasteiger partial charge >= 0.3 is 0 Å². The van der Waals surface area contributed by atoms with Crippen LogP contribution >= 0.6 is 0 Å². The molecule has 0 atom stereocenters. The molecule has 0 aromatic carbocycles. The van der Waals surface area contributed by atoms with Crippen LogP contribution in [0.3, 0.4) is 0 Å². The molecule has 0 bridgehead atoms. The summed E-state index contributed by atoms with van der Waals surface area (Å²) in [5.41, 5.74) is 0.526. The van der Waals surface area contributed by atoms with E-state index in [4.69, 9.17) is 0 Å².